The van der Waals surface area contributed by atoms with Crippen LogP contribution >= 0.6 is 0 Å². The Bertz CT molecular complexity index is 614. The predicted octanol–water partition coefficient (Wildman–Crippen LogP) is -0.583. The zero-order chi connectivity index (χ0) is 12.3. The second-order valence-corrected chi connectivity index (χ2v) is 3.38. The maximum atomic E-state index is 11.4. The molecule has 0 aliphatic rings. The minimum absolute atomic E-state index is 0.186. The summed E-state index contributed by atoms with van der Waals surface area (Å²) in [6.45, 7) is 0.186. The third-order valence-electron chi connectivity index (χ3n) is 2.17. The molecule has 7 nitrogen and oxygen atoms in total. The first-order chi connectivity index (χ1) is 8.19. The predicted molar refractivity (Wildman–Crippen MR) is 62.0 cm³/mol. The van der Waals surface area contributed by atoms with Crippen molar-refractivity contribution in [1.82, 2.24) is 19.7 Å². The summed E-state index contributed by atoms with van der Waals surface area (Å²) in [5.74, 6) is 0.641. The van der Waals surface area contributed by atoms with Gasteiger partial charge in [-0.05, 0) is 0 Å². The summed E-state index contributed by atoms with van der Waals surface area (Å²) >= 11 is 0. The topological polar surface area (TPSA) is 92.7 Å². The Kier molecular flexibility index (Phi) is 2.99. The summed E-state index contributed by atoms with van der Waals surface area (Å²) in [6.07, 6.45) is 3.10. The molecule has 2 aromatic heterocycles. The molecule has 0 fully saturated rings. The van der Waals surface area contributed by atoms with Crippen LogP contribution in [0, 0.1) is 0 Å². The van der Waals surface area contributed by atoms with Crippen molar-refractivity contribution in [1.29, 1.82) is 0 Å². The van der Waals surface area contributed by atoms with Crippen LogP contribution < -0.4 is 16.4 Å². The number of nitrogens with zero attached hydrogens (tertiary/aromatic N) is 3. The van der Waals surface area contributed by atoms with Crippen LogP contribution in [0.3, 0.4) is 0 Å². The number of hydrogen-bond donors (Lipinski definition) is 2. The van der Waals surface area contributed by atoms with Crippen molar-refractivity contribution < 1.29 is 0 Å². The number of aromatic amines is 1. The normalized spacial score (nSPS) is 10.2. The molecule has 0 aliphatic carbocycles. The van der Waals surface area contributed by atoms with E-state index in [4.69, 9.17) is 0 Å². The Morgan fingerprint density at radius 1 is 1.29 bits per heavy atom. The molecule has 0 amide bonds. The Labute approximate surface area is 96.1 Å². The van der Waals surface area contributed by atoms with Crippen molar-refractivity contribution in [3.63, 3.8) is 0 Å². The van der Waals surface area contributed by atoms with Crippen molar-refractivity contribution in [2.75, 3.05) is 12.4 Å². The van der Waals surface area contributed by atoms with Crippen molar-refractivity contribution in [2.24, 2.45) is 0 Å². The fourth-order valence-electron chi connectivity index (χ4n) is 1.31. The van der Waals surface area contributed by atoms with Crippen molar-refractivity contribution in [3.8, 4) is 0 Å². The molecule has 0 saturated carbocycles. The SMILES string of the molecule is CNc1cnc(Cn2[nH]c(=O)ccc2=O)cn1. The molecule has 2 aromatic rings. The Morgan fingerprint density at radius 3 is 2.76 bits per heavy atom. The van der Waals surface area contributed by atoms with Crippen molar-refractivity contribution in [2.45, 2.75) is 6.54 Å². The monoisotopic (exact) mass is 233 g/mol. The molecule has 0 atom stereocenters. The lowest BCUT2D eigenvalue weighted by Gasteiger charge is -2.04. The first kappa shape index (κ1) is 11.1. The van der Waals surface area contributed by atoms with Crippen LogP contribution in [0.4, 0.5) is 5.82 Å². The maximum Gasteiger partial charge on any atom is 0.265 e. The van der Waals surface area contributed by atoms with Gasteiger partial charge in [0.05, 0.1) is 24.6 Å². The van der Waals surface area contributed by atoms with Crippen molar-refractivity contribution >= 4 is 5.82 Å². The number of aromatic nitrogens is 4. The van der Waals surface area contributed by atoms with E-state index in [1.165, 1.54) is 16.8 Å². The lowest BCUT2D eigenvalue weighted by molar-refractivity contribution is 0.615. The average Bonchev–Trinajstić information content (AvgIpc) is 2.35. The molecule has 0 saturated heterocycles. The maximum absolute atomic E-state index is 11.4. The van der Waals surface area contributed by atoms with Gasteiger partial charge >= 0.3 is 0 Å². The molecule has 0 bridgehead atoms. The molecule has 0 spiro atoms. The molecule has 17 heavy (non-hydrogen) atoms. The quantitative estimate of drug-likeness (QED) is 0.739. The minimum Gasteiger partial charge on any atom is -0.372 e. The zero-order valence-corrected chi connectivity index (χ0v) is 9.17. The van der Waals surface area contributed by atoms with Gasteiger partial charge < -0.3 is 5.32 Å². The second kappa shape index (κ2) is 4.60. The highest BCUT2D eigenvalue weighted by Gasteiger charge is 2.00. The van der Waals surface area contributed by atoms with Crippen LogP contribution in [0.15, 0.2) is 34.1 Å². The first-order valence-electron chi connectivity index (χ1n) is 4.98. The smallest absolute Gasteiger partial charge is 0.265 e. The molecule has 7 heteroatoms. The van der Waals surface area contributed by atoms with Crippen LogP contribution in [-0.2, 0) is 6.54 Å². The molecule has 2 rings (SSSR count). The van der Waals surface area contributed by atoms with Gasteiger partial charge in [-0.25, -0.2) is 9.67 Å². The van der Waals surface area contributed by atoms with E-state index >= 15 is 0 Å². The summed E-state index contributed by atoms with van der Waals surface area (Å²) in [5, 5.41) is 5.26. The first-order valence-corrected chi connectivity index (χ1v) is 4.98. The van der Waals surface area contributed by atoms with E-state index < -0.39 is 0 Å². The highest BCUT2D eigenvalue weighted by atomic mass is 16.1. The summed E-state index contributed by atoms with van der Waals surface area (Å²) in [6, 6.07) is 2.41. The van der Waals surface area contributed by atoms with Crippen LogP contribution in [-0.4, -0.2) is 26.8 Å². The van der Waals surface area contributed by atoms with Gasteiger partial charge in [-0.2, -0.15) is 0 Å². The zero-order valence-electron chi connectivity index (χ0n) is 9.17. The van der Waals surface area contributed by atoms with Gasteiger partial charge in [0.1, 0.15) is 5.82 Å². The van der Waals surface area contributed by atoms with E-state index in [2.05, 4.69) is 20.4 Å². The summed E-state index contributed by atoms with van der Waals surface area (Å²) < 4.78 is 1.19. The number of hydrogen-bond acceptors (Lipinski definition) is 5. The van der Waals surface area contributed by atoms with Gasteiger partial charge in [-0.3, -0.25) is 19.7 Å². The summed E-state index contributed by atoms with van der Waals surface area (Å²) in [7, 11) is 1.74. The molecule has 2 heterocycles. The molecule has 2 N–H and O–H groups in total. The van der Waals surface area contributed by atoms with Crippen molar-refractivity contribution in [3.05, 3.63) is 50.9 Å². The number of H-pyrrole nitrogens is 1. The van der Waals surface area contributed by atoms with E-state index in [0.717, 1.165) is 0 Å². The number of nitrogens with one attached hydrogen (secondary N) is 2. The molecule has 88 valence electrons. The van der Waals surface area contributed by atoms with E-state index in [0.29, 0.717) is 11.5 Å². The van der Waals surface area contributed by atoms with E-state index in [1.54, 1.807) is 19.4 Å². The Hall–Kier alpha value is -2.44. The highest BCUT2D eigenvalue weighted by molar-refractivity contribution is 5.29. The lowest BCUT2D eigenvalue weighted by atomic mass is 10.4. The summed E-state index contributed by atoms with van der Waals surface area (Å²) in [5.41, 5.74) is -0.0264. The Balaban J connectivity index is 2.28. The minimum atomic E-state index is -0.329. The fraction of sp³-hybridized carbons (Fsp3) is 0.200. The van der Waals surface area contributed by atoms with Gasteiger partial charge in [0.2, 0.25) is 0 Å². The van der Waals surface area contributed by atoms with Crippen LogP contribution in [0.5, 0.6) is 0 Å². The van der Waals surface area contributed by atoms with Crippen LogP contribution in [0.1, 0.15) is 5.69 Å². The van der Waals surface area contributed by atoms with Gasteiger partial charge in [0.15, 0.2) is 0 Å². The summed E-state index contributed by atoms with van der Waals surface area (Å²) in [4.78, 5) is 30.7. The van der Waals surface area contributed by atoms with Gasteiger partial charge in [-0.15, -0.1) is 0 Å². The molecule has 0 aromatic carbocycles. The molecular formula is C10H11N5O2. The second-order valence-electron chi connectivity index (χ2n) is 3.38. The number of anilines is 1. The molecular weight excluding hydrogens is 222 g/mol. The highest BCUT2D eigenvalue weighted by Crippen LogP contribution is 1.99. The van der Waals surface area contributed by atoms with Gasteiger partial charge in [0.25, 0.3) is 11.1 Å². The van der Waals surface area contributed by atoms with E-state index in [9.17, 15) is 9.59 Å². The molecule has 0 radical (unpaired) electrons. The Morgan fingerprint density at radius 2 is 2.12 bits per heavy atom. The van der Waals surface area contributed by atoms with E-state index in [1.807, 2.05) is 0 Å². The molecule has 0 unspecified atom stereocenters. The van der Waals surface area contributed by atoms with Gasteiger partial charge in [-0.1, -0.05) is 0 Å². The largest absolute Gasteiger partial charge is 0.372 e. The fourth-order valence-corrected chi connectivity index (χ4v) is 1.31. The average molecular weight is 233 g/mol. The standard InChI is InChI=1S/C10H11N5O2/c1-11-8-5-12-7(4-13-8)6-15-10(17)3-2-9(16)14-15/h2-5H,6H2,1H3,(H,11,13)(H,14,16). The third kappa shape index (κ3) is 2.57. The van der Waals surface area contributed by atoms with E-state index in [-0.39, 0.29) is 17.7 Å². The van der Waals surface area contributed by atoms with Crippen LogP contribution in [0.2, 0.25) is 0 Å². The lowest BCUT2D eigenvalue weighted by Crippen LogP contribution is -2.28. The molecule has 0 aliphatic heterocycles. The number of rotatable bonds is 3. The van der Waals surface area contributed by atoms with Gasteiger partial charge in [0, 0.05) is 19.2 Å². The van der Waals surface area contributed by atoms with Crippen LogP contribution in [0.25, 0.3) is 0 Å². The third-order valence-corrected chi connectivity index (χ3v) is 2.17.